The summed E-state index contributed by atoms with van der Waals surface area (Å²) in [5.74, 6) is -8.35. The Morgan fingerprint density at radius 2 is 1.75 bits per heavy atom. The van der Waals surface area contributed by atoms with Crippen molar-refractivity contribution in [3.8, 4) is 22.6 Å². The lowest BCUT2D eigenvalue weighted by Gasteiger charge is -2.24. The molecule has 0 bridgehead atoms. The molecule has 2 aromatic carbocycles. The van der Waals surface area contributed by atoms with Crippen molar-refractivity contribution in [1.29, 1.82) is 0 Å². The highest BCUT2D eigenvalue weighted by Gasteiger charge is 2.30. The van der Waals surface area contributed by atoms with Gasteiger partial charge in [-0.1, -0.05) is 26.5 Å². The van der Waals surface area contributed by atoms with Crippen molar-refractivity contribution in [3.05, 3.63) is 83.1 Å². The van der Waals surface area contributed by atoms with Crippen LogP contribution in [0.1, 0.15) is 25.3 Å². The zero-order valence-electron chi connectivity index (χ0n) is 17.6. The number of unbranched alkanes of at least 4 members (excludes halogenated alkanes) is 1. The van der Waals surface area contributed by atoms with Crippen LogP contribution in [-0.4, -0.2) is 13.7 Å². The molecule has 0 N–H and O–H groups in total. The van der Waals surface area contributed by atoms with Crippen LogP contribution in [0.4, 0.5) is 22.0 Å². The first-order valence-electron chi connectivity index (χ1n) is 9.82. The van der Waals surface area contributed by atoms with Gasteiger partial charge in [0, 0.05) is 23.1 Å². The number of fused-ring (bicyclic) bond motifs is 1. The molecule has 3 rings (SSSR count). The summed E-state index contributed by atoms with van der Waals surface area (Å²) in [4.78, 5) is 0. The van der Waals surface area contributed by atoms with Gasteiger partial charge in [0.1, 0.15) is 0 Å². The second kappa shape index (κ2) is 9.46. The second-order valence-corrected chi connectivity index (χ2v) is 7.13. The molecule has 1 aliphatic rings. The van der Waals surface area contributed by atoms with Crippen LogP contribution in [0.2, 0.25) is 0 Å². The predicted octanol–water partition coefficient (Wildman–Crippen LogP) is 6.92. The van der Waals surface area contributed by atoms with Crippen LogP contribution in [0.5, 0.6) is 11.5 Å². The molecule has 0 aliphatic carbocycles. The molecule has 0 saturated heterocycles. The van der Waals surface area contributed by atoms with Gasteiger partial charge in [-0.2, -0.15) is 13.2 Å². The van der Waals surface area contributed by atoms with Crippen molar-refractivity contribution in [2.45, 2.75) is 26.2 Å². The largest absolute Gasteiger partial charge is 0.494 e. The van der Waals surface area contributed by atoms with Crippen LogP contribution >= 0.6 is 0 Å². The Hall–Kier alpha value is -3.29. The lowest BCUT2D eigenvalue weighted by atomic mass is 9.94. The molecular formula is C24H21F5O3. The predicted molar refractivity (Wildman–Crippen MR) is 110 cm³/mol. The molecular weight excluding hydrogens is 431 g/mol. The lowest BCUT2D eigenvalue weighted by molar-refractivity contribution is 0.272. The molecule has 0 saturated carbocycles. The number of hydrogen-bond donors (Lipinski definition) is 0. The maximum absolute atomic E-state index is 14.8. The van der Waals surface area contributed by atoms with Gasteiger partial charge in [-0.15, -0.1) is 0 Å². The highest BCUT2D eigenvalue weighted by molar-refractivity contribution is 5.69. The minimum absolute atomic E-state index is 0.0894. The van der Waals surface area contributed by atoms with Crippen molar-refractivity contribution in [2.24, 2.45) is 0 Å². The van der Waals surface area contributed by atoms with Crippen LogP contribution in [-0.2, 0) is 11.2 Å². The zero-order chi connectivity index (χ0) is 23.6. The molecule has 32 heavy (non-hydrogen) atoms. The number of methoxy groups -OCH3 is 1. The van der Waals surface area contributed by atoms with Crippen LogP contribution < -0.4 is 9.47 Å². The normalized spacial score (nSPS) is 14.5. The minimum Gasteiger partial charge on any atom is -0.494 e. The van der Waals surface area contributed by atoms with Gasteiger partial charge >= 0.3 is 0 Å². The summed E-state index contributed by atoms with van der Waals surface area (Å²) in [7, 11) is 1.18. The summed E-state index contributed by atoms with van der Waals surface area (Å²) in [5, 5.41) is 0. The monoisotopic (exact) mass is 452 g/mol. The van der Waals surface area contributed by atoms with Crippen LogP contribution in [0.3, 0.4) is 0 Å². The minimum atomic E-state index is -1.47. The summed E-state index contributed by atoms with van der Waals surface area (Å²) in [6.45, 7) is 9.13. The van der Waals surface area contributed by atoms with E-state index in [-0.39, 0.29) is 35.7 Å². The van der Waals surface area contributed by atoms with Crippen molar-refractivity contribution < 1.29 is 36.2 Å². The second-order valence-electron chi connectivity index (χ2n) is 7.13. The number of halogens is 5. The van der Waals surface area contributed by atoms with E-state index >= 15 is 0 Å². The maximum Gasteiger partial charge on any atom is 0.207 e. The first-order chi connectivity index (χ1) is 15.2. The molecule has 0 atom stereocenters. The Kier molecular flexibility index (Phi) is 6.91. The Morgan fingerprint density at radius 1 is 1.06 bits per heavy atom. The van der Waals surface area contributed by atoms with Crippen LogP contribution in [0.15, 0.2) is 54.3 Å². The van der Waals surface area contributed by atoms with Gasteiger partial charge in [-0.05, 0) is 30.2 Å². The summed E-state index contributed by atoms with van der Waals surface area (Å²) in [6, 6.07) is 3.38. The fourth-order valence-electron chi connectivity index (χ4n) is 3.18. The van der Waals surface area contributed by atoms with E-state index in [4.69, 9.17) is 14.2 Å². The van der Waals surface area contributed by atoms with Gasteiger partial charge in [0.25, 0.3) is 0 Å². The van der Waals surface area contributed by atoms with Crippen molar-refractivity contribution in [3.63, 3.8) is 0 Å². The van der Waals surface area contributed by atoms with E-state index in [1.165, 1.54) is 7.11 Å². The van der Waals surface area contributed by atoms with E-state index < -0.39 is 51.7 Å². The van der Waals surface area contributed by atoms with E-state index in [0.29, 0.717) is 6.42 Å². The zero-order valence-corrected chi connectivity index (χ0v) is 17.6. The molecule has 0 fully saturated rings. The van der Waals surface area contributed by atoms with Gasteiger partial charge in [-0.25, -0.2) is 8.78 Å². The third-order valence-corrected chi connectivity index (χ3v) is 4.95. The fraction of sp³-hybridized carbons (Fsp3) is 0.250. The lowest BCUT2D eigenvalue weighted by Crippen LogP contribution is -2.15. The topological polar surface area (TPSA) is 27.7 Å². The summed E-state index contributed by atoms with van der Waals surface area (Å²) < 4.78 is 88.3. The molecule has 0 amide bonds. The third-order valence-electron chi connectivity index (χ3n) is 4.95. The van der Waals surface area contributed by atoms with Gasteiger partial charge in [-0.3, -0.25) is 0 Å². The van der Waals surface area contributed by atoms with Crippen molar-refractivity contribution in [1.82, 2.24) is 0 Å². The quantitative estimate of drug-likeness (QED) is 0.259. The SMILES string of the molecule is C=C(OC)/C(F)=C1/Oc2c(cc(-c3ccc(OCCCC)c(F)c3F)c(F)c2F)CC1=C. The third kappa shape index (κ3) is 4.22. The number of allylic oxidation sites excluding steroid dienone is 2. The first-order valence-corrected chi connectivity index (χ1v) is 9.82. The first kappa shape index (κ1) is 23.4. The molecule has 2 aromatic rings. The fourth-order valence-corrected chi connectivity index (χ4v) is 3.18. The summed E-state index contributed by atoms with van der Waals surface area (Å²) >= 11 is 0. The van der Waals surface area contributed by atoms with Gasteiger partial charge in [0.15, 0.2) is 34.7 Å². The Bertz CT molecular complexity index is 1120. The van der Waals surface area contributed by atoms with Gasteiger partial charge < -0.3 is 14.2 Å². The molecule has 0 unspecified atom stereocenters. The molecule has 8 heteroatoms. The van der Waals surface area contributed by atoms with E-state index in [9.17, 15) is 22.0 Å². The Morgan fingerprint density at radius 3 is 2.41 bits per heavy atom. The average Bonchev–Trinajstić information content (AvgIpc) is 2.78. The highest BCUT2D eigenvalue weighted by atomic mass is 19.2. The average molecular weight is 452 g/mol. The van der Waals surface area contributed by atoms with Crippen LogP contribution in [0.25, 0.3) is 11.1 Å². The van der Waals surface area contributed by atoms with E-state index in [0.717, 1.165) is 24.6 Å². The Labute approximate surface area is 182 Å². The molecule has 1 aliphatic heterocycles. The van der Waals surface area contributed by atoms with E-state index in [1.54, 1.807) is 0 Å². The van der Waals surface area contributed by atoms with Crippen molar-refractivity contribution >= 4 is 0 Å². The summed E-state index contributed by atoms with van der Waals surface area (Å²) in [6.07, 6.45) is 1.32. The van der Waals surface area contributed by atoms with Gasteiger partial charge in [0.05, 0.1) is 13.7 Å². The highest BCUT2D eigenvalue weighted by Crippen LogP contribution is 2.42. The number of hydrogen-bond acceptors (Lipinski definition) is 3. The van der Waals surface area contributed by atoms with Crippen LogP contribution in [0, 0.1) is 23.3 Å². The van der Waals surface area contributed by atoms with Crippen molar-refractivity contribution in [2.75, 3.05) is 13.7 Å². The standard InChI is InChI=1S/C24H21F5O3/c1-5-6-9-31-17-8-7-15(19(26)21(17)28)16-11-14-10-12(2)23(18(25)13(3)30-4)32-24(14)22(29)20(16)27/h7-8,11H,2-3,5-6,9-10H2,1,4H3/b23-18-. The molecule has 3 nitrogen and oxygen atoms in total. The Balaban J connectivity index is 2.05. The maximum atomic E-state index is 14.8. The molecule has 0 radical (unpaired) electrons. The van der Waals surface area contributed by atoms with E-state index in [1.807, 2.05) is 6.92 Å². The van der Waals surface area contributed by atoms with E-state index in [2.05, 4.69) is 13.2 Å². The molecule has 0 aromatic heterocycles. The molecule has 170 valence electrons. The van der Waals surface area contributed by atoms with Gasteiger partial charge in [0.2, 0.25) is 17.5 Å². The molecule has 0 spiro atoms. The smallest absolute Gasteiger partial charge is 0.207 e. The number of ether oxygens (including phenoxy) is 3. The molecule has 1 heterocycles. The summed E-state index contributed by atoms with van der Waals surface area (Å²) in [5.41, 5.74) is -0.804. The number of benzene rings is 2. The number of rotatable bonds is 7.